The molecule has 1 N–H and O–H groups in total. The number of nitrogens with zero attached hydrogens (tertiary/aromatic N) is 4. The molecular formula is C25H27N5O2. The molecule has 2 aromatic heterocycles. The Morgan fingerprint density at radius 1 is 1.06 bits per heavy atom. The van der Waals surface area contributed by atoms with Crippen molar-refractivity contribution >= 4 is 5.82 Å². The number of hydrogen-bond donors (Lipinski definition) is 1. The van der Waals surface area contributed by atoms with E-state index in [1.165, 1.54) is 18.4 Å². The van der Waals surface area contributed by atoms with Crippen LogP contribution in [0.2, 0.25) is 0 Å². The Balaban J connectivity index is 1.29. The number of fused-ring (bicyclic) bond motifs is 3. The topological polar surface area (TPSA) is 72.4 Å². The molecule has 164 valence electrons. The quantitative estimate of drug-likeness (QED) is 0.678. The summed E-state index contributed by atoms with van der Waals surface area (Å²) in [6, 6.07) is 13.6. The van der Waals surface area contributed by atoms with E-state index in [-0.39, 0.29) is 0 Å². The molecule has 0 radical (unpaired) electrons. The largest absolute Gasteiger partial charge is 0.480 e. The highest BCUT2D eigenvalue weighted by molar-refractivity contribution is 5.78. The molecule has 2 unspecified atom stereocenters. The SMILES string of the molecule is COc1cc(-c2ccc3c(c2)COc2nc(N4CC(C)NC(C5CC5)C4)ccc2-3)cnn1. The van der Waals surface area contributed by atoms with Crippen molar-refractivity contribution in [3.8, 4) is 34.0 Å². The van der Waals surface area contributed by atoms with Gasteiger partial charge in [0.05, 0.1) is 13.3 Å². The molecule has 2 fully saturated rings. The summed E-state index contributed by atoms with van der Waals surface area (Å²) in [4.78, 5) is 7.34. The van der Waals surface area contributed by atoms with Crippen molar-refractivity contribution in [3.63, 3.8) is 0 Å². The Bertz CT molecular complexity index is 1160. The average Bonchev–Trinajstić information content (AvgIpc) is 3.68. The van der Waals surface area contributed by atoms with Crippen LogP contribution >= 0.6 is 0 Å². The molecule has 0 bridgehead atoms. The maximum atomic E-state index is 6.12. The maximum Gasteiger partial charge on any atom is 0.233 e. The minimum absolute atomic E-state index is 0.466. The second-order valence-electron chi connectivity index (χ2n) is 9.09. The zero-order valence-electron chi connectivity index (χ0n) is 18.4. The molecule has 6 rings (SSSR count). The Morgan fingerprint density at radius 2 is 1.94 bits per heavy atom. The molecule has 7 nitrogen and oxygen atoms in total. The van der Waals surface area contributed by atoms with E-state index >= 15 is 0 Å². The van der Waals surface area contributed by atoms with Crippen LogP contribution in [0.15, 0.2) is 42.6 Å². The second-order valence-corrected chi connectivity index (χ2v) is 9.09. The number of methoxy groups -OCH3 is 1. The second kappa shape index (κ2) is 7.74. The molecule has 2 atom stereocenters. The summed E-state index contributed by atoms with van der Waals surface area (Å²) in [7, 11) is 1.60. The van der Waals surface area contributed by atoms with E-state index in [1.807, 2.05) is 6.07 Å². The van der Waals surface area contributed by atoms with Gasteiger partial charge in [0.2, 0.25) is 11.8 Å². The minimum Gasteiger partial charge on any atom is -0.480 e. The van der Waals surface area contributed by atoms with Gasteiger partial charge in [-0.05, 0) is 60.6 Å². The molecule has 0 amide bonds. The van der Waals surface area contributed by atoms with Gasteiger partial charge in [-0.15, -0.1) is 5.10 Å². The zero-order valence-corrected chi connectivity index (χ0v) is 18.4. The van der Waals surface area contributed by atoms with Crippen LogP contribution in [0.4, 0.5) is 5.82 Å². The third kappa shape index (κ3) is 3.56. The maximum absolute atomic E-state index is 6.12. The lowest BCUT2D eigenvalue weighted by Crippen LogP contribution is -2.56. The fourth-order valence-electron chi connectivity index (χ4n) is 4.91. The van der Waals surface area contributed by atoms with Gasteiger partial charge in [-0.25, -0.2) is 0 Å². The molecule has 32 heavy (non-hydrogen) atoms. The number of nitrogens with one attached hydrogen (secondary N) is 1. The highest BCUT2D eigenvalue weighted by atomic mass is 16.5. The summed E-state index contributed by atoms with van der Waals surface area (Å²) in [5.74, 6) is 3.07. The summed E-state index contributed by atoms with van der Waals surface area (Å²) in [6.07, 6.45) is 4.44. The Labute approximate surface area is 187 Å². The van der Waals surface area contributed by atoms with Gasteiger partial charge in [-0.3, -0.25) is 0 Å². The molecule has 1 aromatic carbocycles. The summed E-state index contributed by atoms with van der Waals surface area (Å²) in [6.45, 7) is 4.76. The van der Waals surface area contributed by atoms with Crippen LogP contribution in [0.5, 0.6) is 11.8 Å². The van der Waals surface area contributed by atoms with Crippen LogP contribution in [0, 0.1) is 5.92 Å². The van der Waals surface area contributed by atoms with E-state index in [0.717, 1.165) is 53.0 Å². The zero-order chi connectivity index (χ0) is 21.7. The average molecular weight is 430 g/mol. The van der Waals surface area contributed by atoms with Crippen molar-refractivity contribution in [2.24, 2.45) is 5.92 Å². The van der Waals surface area contributed by atoms with Gasteiger partial charge in [0, 0.05) is 42.4 Å². The van der Waals surface area contributed by atoms with E-state index < -0.39 is 0 Å². The van der Waals surface area contributed by atoms with Gasteiger partial charge in [-0.2, -0.15) is 10.1 Å². The van der Waals surface area contributed by atoms with Crippen LogP contribution in [0.1, 0.15) is 25.3 Å². The molecule has 3 aromatic rings. The van der Waals surface area contributed by atoms with Crippen molar-refractivity contribution < 1.29 is 9.47 Å². The van der Waals surface area contributed by atoms with Crippen LogP contribution in [0.25, 0.3) is 22.3 Å². The highest BCUT2D eigenvalue weighted by Gasteiger charge is 2.36. The van der Waals surface area contributed by atoms with Crippen molar-refractivity contribution in [1.82, 2.24) is 20.5 Å². The number of aromatic nitrogens is 3. The first kappa shape index (κ1) is 19.5. The first-order valence-electron chi connectivity index (χ1n) is 11.3. The van der Waals surface area contributed by atoms with E-state index in [1.54, 1.807) is 13.3 Å². The third-order valence-corrected chi connectivity index (χ3v) is 6.70. The summed E-state index contributed by atoms with van der Waals surface area (Å²) in [5.41, 5.74) is 5.40. The van der Waals surface area contributed by atoms with Crippen LogP contribution < -0.4 is 19.7 Å². The van der Waals surface area contributed by atoms with Crippen molar-refractivity contribution in [3.05, 3.63) is 48.2 Å². The normalized spacial score (nSPS) is 22.0. The summed E-state index contributed by atoms with van der Waals surface area (Å²) >= 11 is 0. The highest BCUT2D eigenvalue weighted by Crippen LogP contribution is 2.40. The van der Waals surface area contributed by atoms with Crippen molar-refractivity contribution in [1.29, 1.82) is 0 Å². The van der Waals surface area contributed by atoms with Crippen LogP contribution in [0.3, 0.4) is 0 Å². The molecule has 1 aliphatic carbocycles. The van der Waals surface area contributed by atoms with Gasteiger partial charge >= 0.3 is 0 Å². The monoisotopic (exact) mass is 429 g/mol. The number of piperazine rings is 1. The van der Waals surface area contributed by atoms with Crippen molar-refractivity contribution in [2.75, 3.05) is 25.1 Å². The molecule has 1 saturated heterocycles. The Hall–Kier alpha value is -3.19. The molecule has 4 heterocycles. The number of anilines is 1. The number of rotatable bonds is 4. The van der Waals surface area contributed by atoms with Gasteiger partial charge in [0.1, 0.15) is 12.4 Å². The lowest BCUT2D eigenvalue weighted by molar-refractivity contribution is 0.289. The first-order valence-corrected chi connectivity index (χ1v) is 11.3. The van der Waals surface area contributed by atoms with Crippen LogP contribution in [-0.4, -0.2) is 47.5 Å². The Kier molecular flexibility index (Phi) is 4.72. The number of hydrogen-bond acceptors (Lipinski definition) is 7. The Morgan fingerprint density at radius 3 is 2.78 bits per heavy atom. The number of benzene rings is 1. The molecule has 2 aliphatic heterocycles. The van der Waals surface area contributed by atoms with Gasteiger partial charge < -0.3 is 19.7 Å². The molecule has 3 aliphatic rings. The van der Waals surface area contributed by atoms with Crippen LogP contribution in [-0.2, 0) is 6.61 Å². The van der Waals surface area contributed by atoms with Gasteiger partial charge in [0.25, 0.3) is 0 Å². The van der Waals surface area contributed by atoms with Crippen molar-refractivity contribution in [2.45, 2.75) is 38.5 Å². The third-order valence-electron chi connectivity index (χ3n) is 6.70. The minimum atomic E-state index is 0.466. The number of ether oxygens (including phenoxy) is 2. The van der Waals surface area contributed by atoms with E-state index in [9.17, 15) is 0 Å². The predicted molar refractivity (Wildman–Crippen MR) is 123 cm³/mol. The van der Waals surface area contributed by atoms with E-state index in [4.69, 9.17) is 14.5 Å². The standard InChI is InChI=1S/C25H27N5O2/c1-15-12-30(13-22(27-15)16-3-4-16)23-8-7-21-20-6-5-17(9-19(20)14-32-25(21)28-23)18-10-24(31-2)29-26-11-18/h5-11,15-16,22,27H,3-4,12-14H2,1-2H3. The number of pyridine rings is 1. The fourth-order valence-corrected chi connectivity index (χ4v) is 4.91. The van der Waals surface area contributed by atoms with Gasteiger partial charge in [-0.1, -0.05) is 12.1 Å². The lowest BCUT2D eigenvalue weighted by Gasteiger charge is -2.39. The van der Waals surface area contributed by atoms with E-state index in [0.29, 0.717) is 24.6 Å². The first-order chi connectivity index (χ1) is 15.7. The predicted octanol–water partition coefficient (Wildman–Crippen LogP) is 3.68. The smallest absolute Gasteiger partial charge is 0.233 e. The molecule has 0 spiro atoms. The summed E-state index contributed by atoms with van der Waals surface area (Å²) < 4.78 is 11.3. The lowest BCUT2D eigenvalue weighted by atomic mass is 9.95. The molecule has 7 heteroatoms. The summed E-state index contributed by atoms with van der Waals surface area (Å²) in [5, 5.41) is 11.8. The van der Waals surface area contributed by atoms with Gasteiger partial charge in [0.15, 0.2) is 0 Å². The fraction of sp³-hybridized carbons (Fsp3) is 0.400. The van der Waals surface area contributed by atoms with E-state index in [2.05, 4.69) is 57.7 Å². The molecule has 1 saturated carbocycles. The molecular weight excluding hydrogens is 402 g/mol.